The van der Waals surface area contributed by atoms with E-state index in [1.807, 2.05) is 75.6 Å². The first kappa shape index (κ1) is 21.8. The van der Waals surface area contributed by atoms with Crippen LogP contribution in [-0.4, -0.2) is 18.0 Å². The predicted octanol–water partition coefficient (Wildman–Crippen LogP) is 5.99. The fourth-order valence-electron chi connectivity index (χ4n) is 3.66. The Labute approximate surface area is 189 Å². The molecule has 0 spiro atoms. The van der Waals surface area contributed by atoms with E-state index in [2.05, 4.69) is 10.3 Å². The van der Waals surface area contributed by atoms with Gasteiger partial charge in [-0.25, -0.2) is 13.4 Å². The number of aryl methyl sites for hydroxylation is 3. The monoisotopic (exact) mass is 445 g/mol. The van der Waals surface area contributed by atoms with Crippen molar-refractivity contribution < 1.29 is 8.42 Å². The van der Waals surface area contributed by atoms with Crippen LogP contribution in [0.1, 0.15) is 27.8 Å². The van der Waals surface area contributed by atoms with Crippen LogP contribution in [0.3, 0.4) is 0 Å². The van der Waals surface area contributed by atoms with E-state index in [9.17, 15) is 8.42 Å². The predicted molar refractivity (Wildman–Crippen MR) is 129 cm³/mol. The smallest absolute Gasteiger partial charge is 0.227 e. The highest BCUT2D eigenvalue weighted by molar-refractivity contribution is 7.91. The number of nitrogens with one attached hydrogen (secondary N) is 1. The molecule has 0 bridgehead atoms. The number of benzene rings is 3. The Morgan fingerprint density at radius 3 is 2.09 bits per heavy atom. The second-order valence-electron chi connectivity index (χ2n) is 8.18. The summed E-state index contributed by atoms with van der Waals surface area (Å²) in [6, 6.07) is 18.8. The average molecular weight is 446 g/mol. The summed E-state index contributed by atoms with van der Waals surface area (Å²) < 4.78 is 29.0. The minimum absolute atomic E-state index is 0.00293. The summed E-state index contributed by atoms with van der Waals surface area (Å²) in [7, 11) is -3.83. The third-order valence-corrected chi connectivity index (χ3v) is 7.71. The van der Waals surface area contributed by atoms with Crippen molar-refractivity contribution in [1.82, 2.24) is 9.55 Å². The van der Waals surface area contributed by atoms with Gasteiger partial charge in [0.2, 0.25) is 14.9 Å². The van der Waals surface area contributed by atoms with Crippen LogP contribution in [0.2, 0.25) is 0 Å². The molecule has 1 heterocycles. The van der Waals surface area contributed by atoms with Crippen LogP contribution in [0.15, 0.2) is 76.9 Å². The summed E-state index contributed by atoms with van der Waals surface area (Å²) in [6.45, 7) is 10.0. The number of rotatable bonds is 5. The molecule has 164 valence electrons. The van der Waals surface area contributed by atoms with Gasteiger partial charge >= 0.3 is 0 Å². The fourth-order valence-corrected chi connectivity index (χ4v) is 4.97. The van der Waals surface area contributed by atoms with Crippen molar-refractivity contribution in [3.05, 3.63) is 94.8 Å². The number of nitrogens with zero attached hydrogens (tertiary/aromatic N) is 2. The zero-order valence-corrected chi connectivity index (χ0v) is 19.8. The molecule has 0 radical (unpaired) electrons. The highest BCUT2D eigenvalue weighted by Crippen LogP contribution is 2.34. The Hall–Kier alpha value is -3.38. The minimum Gasteiger partial charge on any atom is -0.339 e. The molecule has 0 unspecified atom stereocenters. The largest absolute Gasteiger partial charge is 0.339 e. The third kappa shape index (κ3) is 3.82. The van der Waals surface area contributed by atoms with Crippen molar-refractivity contribution in [3.63, 3.8) is 0 Å². The molecule has 0 aliphatic heterocycles. The number of anilines is 2. The van der Waals surface area contributed by atoms with Crippen molar-refractivity contribution in [2.45, 2.75) is 44.5 Å². The molecule has 4 rings (SSSR count). The molecular formula is C26H27N3O2S. The van der Waals surface area contributed by atoms with Gasteiger partial charge < -0.3 is 5.32 Å². The molecule has 6 heteroatoms. The summed E-state index contributed by atoms with van der Waals surface area (Å²) in [5.41, 5.74) is 7.09. The second kappa shape index (κ2) is 8.28. The van der Waals surface area contributed by atoms with E-state index in [4.69, 9.17) is 0 Å². The summed E-state index contributed by atoms with van der Waals surface area (Å²) in [5.74, 6) is 0.424. The van der Waals surface area contributed by atoms with E-state index in [0.29, 0.717) is 5.82 Å². The lowest BCUT2D eigenvalue weighted by Gasteiger charge is -2.17. The summed E-state index contributed by atoms with van der Waals surface area (Å²) in [4.78, 5) is 4.62. The summed E-state index contributed by atoms with van der Waals surface area (Å²) >= 11 is 0. The molecule has 0 aliphatic rings. The molecule has 1 aromatic heterocycles. The topological polar surface area (TPSA) is 64.0 Å². The molecule has 1 N–H and O–H groups in total. The van der Waals surface area contributed by atoms with Crippen LogP contribution in [0.4, 0.5) is 11.5 Å². The molecule has 0 saturated carbocycles. The first-order valence-electron chi connectivity index (χ1n) is 10.5. The van der Waals surface area contributed by atoms with E-state index < -0.39 is 9.84 Å². The van der Waals surface area contributed by atoms with Crippen LogP contribution in [0.5, 0.6) is 0 Å². The van der Waals surface area contributed by atoms with Crippen molar-refractivity contribution in [3.8, 4) is 5.69 Å². The molecule has 3 aromatic carbocycles. The quantitative estimate of drug-likeness (QED) is 0.410. The van der Waals surface area contributed by atoms with Crippen molar-refractivity contribution in [2.75, 3.05) is 5.32 Å². The van der Waals surface area contributed by atoms with Gasteiger partial charge in [0.1, 0.15) is 6.33 Å². The minimum atomic E-state index is -3.83. The average Bonchev–Trinajstić information content (AvgIpc) is 3.18. The van der Waals surface area contributed by atoms with Gasteiger partial charge in [-0.2, -0.15) is 0 Å². The maximum absolute atomic E-state index is 13.6. The number of hydrogen-bond donors (Lipinski definition) is 1. The molecule has 0 aliphatic carbocycles. The molecular weight excluding hydrogens is 418 g/mol. The van der Waals surface area contributed by atoms with Gasteiger partial charge in [0.05, 0.1) is 10.6 Å². The third-order valence-electron chi connectivity index (χ3n) is 6.01. The van der Waals surface area contributed by atoms with Crippen molar-refractivity contribution >= 4 is 21.3 Å². The highest BCUT2D eigenvalue weighted by atomic mass is 32.2. The lowest BCUT2D eigenvalue weighted by Crippen LogP contribution is -2.09. The number of aromatic nitrogens is 2. The van der Waals surface area contributed by atoms with Crippen LogP contribution in [0.25, 0.3) is 5.69 Å². The van der Waals surface area contributed by atoms with E-state index >= 15 is 0 Å². The number of hydrogen-bond acceptors (Lipinski definition) is 4. The molecule has 0 saturated heterocycles. The maximum Gasteiger partial charge on any atom is 0.227 e. The first-order chi connectivity index (χ1) is 15.2. The highest BCUT2D eigenvalue weighted by Gasteiger charge is 2.28. The van der Waals surface area contributed by atoms with E-state index in [0.717, 1.165) is 39.2 Å². The van der Waals surface area contributed by atoms with Crippen LogP contribution >= 0.6 is 0 Å². The fraction of sp³-hybridized carbons (Fsp3) is 0.192. The van der Waals surface area contributed by atoms with Gasteiger partial charge in [-0.1, -0.05) is 42.0 Å². The Bertz CT molecular complexity index is 1400. The zero-order chi connectivity index (χ0) is 23.0. The number of imidazole rings is 1. The molecule has 0 fully saturated rings. The Morgan fingerprint density at radius 2 is 1.41 bits per heavy atom. The maximum atomic E-state index is 13.6. The zero-order valence-electron chi connectivity index (χ0n) is 19.0. The van der Waals surface area contributed by atoms with Gasteiger partial charge in [0.15, 0.2) is 5.82 Å². The SMILES string of the molecule is Cc1ccc(S(=O)(=O)c2ncn(-c3cccc(C)c3C)c2Nc2cccc(C)c2C)cc1. The molecule has 5 nitrogen and oxygen atoms in total. The normalized spacial score (nSPS) is 11.5. The van der Waals surface area contributed by atoms with Gasteiger partial charge in [0, 0.05) is 5.69 Å². The Balaban J connectivity index is 1.95. The van der Waals surface area contributed by atoms with Crippen molar-refractivity contribution in [2.24, 2.45) is 0 Å². The van der Waals surface area contributed by atoms with Gasteiger partial charge in [-0.15, -0.1) is 0 Å². The molecule has 0 atom stereocenters. The lowest BCUT2D eigenvalue weighted by atomic mass is 10.1. The van der Waals surface area contributed by atoms with Crippen LogP contribution < -0.4 is 5.32 Å². The number of sulfone groups is 1. The van der Waals surface area contributed by atoms with Crippen LogP contribution in [0, 0.1) is 34.6 Å². The van der Waals surface area contributed by atoms with Gasteiger partial charge in [-0.3, -0.25) is 4.57 Å². The van der Waals surface area contributed by atoms with Crippen molar-refractivity contribution in [1.29, 1.82) is 0 Å². The molecule has 4 aromatic rings. The second-order valence-corrected chi connectivity index (χ2v) is 10.0. The Kier molecular flexibility index (Phi) is 5.65. The Morgan fingerprint density at radius 1 is 0.781 bits per heavy atom. The van der Waals surface area contributed by atoms with E-state index in [1.165, 1.54) is 0 Å². The molecule has 32 heavy (non-hydrogen) atoms. The van der Waals surface area contributed by atoms with Crippen LogP contribution in [-0.2, 0) is 9.84 Å². The summed E-state index contributed by atoms with van der Waals surface area (Å²) in [5, 5.41) is 3.39. The first-order valence-corrected chi connectivity index (χ1v) is 12.0. The van der Waals surface area contributed by atoms with E-state index in [-0.39, 0.29) is 9.92 Å². The van der Waals surface area contributed by atoms with Gasteiger partial charge in [0.25, 0.3) is 0 Å². The lowest BCUT2D eigenvalue weighted by molar-refractivity contribution is 0.593. The molecule has 0 amide bonds. The summed E-state index contributed by atoms with van der Waals surface area (Å²) in [6.07, 6.45) is 1.58. The standard InChI is InChI=1S/C26H27N3O2S/c1-17-12-14-22(15-13-17)32(30,31)26-25(28-23-10-6-8-18(2)20(23)4)29(16-27-26)24-11-7-9-19(3)21(24)5/h6-16,28H,1-5H3. The van der Waals surface area contributed by atoms with E-state index in [1.54, 1.807) is 30.6 Å². The van der Waals surface area contributed by atoms with Gasteiger partial charge in [-0.05, 0) is 81.1 Å².